The summed E-state index contributed by atoms with van der Waals surface area (Å²) in [5.74, 6) is 0. The van der Waals surface area contributed by atoms with E-state index in [1.807, 2.05) is 62.2 Å². The smallest absolute Gasteiger partial charge is 0.158 e. The Kier molecular flexibility index (Phi) is 3.86. The third-order valence-corrected chi connectivity index (χ3v) is 5.41. The van der Waals surface area contributed by atoms with E-state index in [1.54, 1.807) is 17.1 Å². The van der Waals surface area contributed by atoms with E-state index in [4.69, 9.17) is 5.10 Å². The normalized spacial score (nSPS) is 11.4. The standard InChI is InChI=1S/C24H17N7/c1-31-24-18(9-16(12-28-24)20-6-2-3-8-27-20)23(30-31)21-10-17-19(13-26-14-22(17)29-21)15-5-4-7-25-11-15/h2-14,29H,1H3. The Hall–Kier alpha value is -4.39. The highest BCUT2D eigenvalue weighted by molar-refractivity contribution is 6.00. The van der Waals surface area contributed by atoms with E-state index in [-0.39, 0.29) is 0 Å². The van der Waals surface area contributed by atoms with Gasteiger partial charge in [0.1, 0.15) is 5.69 Å². The Labute approximate surface area is 177 Å². The van der Waals surface area contributed by atoms with E-state index >= 15 is 0 Å². The van der Waals surface area contributed by atoms with Crippen LogP contribution in [0.25, 0.3) is 55.7 Å². The van der Waals surface area contributed by atoms with E-state index in [0.29, 0.717) is 0 Å². The molecule has 0 aliphatic rings. The minimum Gasteiger partial charge on any atom is -0.352 e. The van der Waals surface area contributed by atoms with Gasteiger partial charge >= 0.3 is 0 Å². The second kappa shape index (κ2) is 6.84. The van der Waals surface area contributed by atoms with E-state index in [9.17, 15) is 0 Å². The van der Waals surface area contributed by atoms with Crippen molar-refractivity contribution in [2.75, 3.05) is 0 Å². The van der Waals surface area contributed by atoms with Gasteiger partial charge in [-0.3, -0.25) is 15.0 Å². The molecule has 7 heteroatoms. The Morgan fingerprint density at radius 3 is 2.61 bits per heavy atom. The molecule has 0 amide bonds. The van der Waals surface area contributed by atoms with Crippen LogP contribution >= 0.6 is 0 Å². The molecule has 31 heavy (non-hydrogen) atoms. The fourth-order valence-electron chi connectivity index (χ4n) is 3.94. The van der Waals surface area contributed by atoms with Crippen LogP contribution in [0.1, 0.15) is 0 Å². The van der Waals surface area contributed by atoms with Crippen LogP contribution in [0.5, 0.6) is 0 Å². The zero-order valence-corrected chi connectivity index (χ0v) is 16.7. The second-order valence-corrected chi connectivity index (χ2v) is 7.36. The molecule has 0 atom stereocenters. The third-order valence-electron chi connectivity index (χ3n) is 5.41. The Bertz CT molecular complexity index is 1530. The Morgan fingerprint density at radius 1 is 0.806 bits per heavy atom. The van der Waals surface area contributed by atoms with Crippen molar-refractivity contribution in [3.63, 3.8) is 0 Å². The molecule has 0 unspecified atom stereocenters. The largest absolute Gasteiger partial charge is 0.352 e. The number of aromatic amines is 1. The first-order valence-corrected chi connectivity index (χ1v) is 9.89. The van der Waals surface area contributed by atoms with Gasteiger partial charge in [0.2, 0.25) is 0 Å². The van der Waals surface area contributed by atoms with Gasteiger partial charge in [-0.15, -0.1) is 0 Å². The van der Waals surface area contributed by atoms with E-state index < -0.39 is 0 Å². The second-order valence-electron chi connectivity index (χ2n) is 7.36. The van der Waals surface area contributed by atoms with Crippen molar-refractivity contribution in [3.8, 4) is 33.8 Å². The van der Waals surface area contributed by atoms with Gasteiger partial charge in [-0.2, -0.15) is 5.10 Å². The summed E-state index contributed by atoms with van der Waals surface area (Å²) >= 11 is 0. The molecule has 0 aromatic carbocycles. The average Bonchev–Trinajstić information content (AvgIpc) is 3.41. The van der Waals surface area contributed by atoms with Crippen LogP contribution in [0, 0.1) is 0 Å². The molecule has 0 bridgehead atoms. The third kappa shape index (κ3) is 2.86. The van der Waals surface area contributed by atoms with Gasteiger partial charge in [0.15, 0.2) is 5.65 Å². The van der Waals surface area contributed by atoms with Crippen LogP contribution in [0.15, 0.2) is 79.6 Å². The van der Waals surface area contributed by atoms with E-state index in [2.05, 4.69) is 37.1 Å². The number of hydrogen-bond acceptors (Lipinski definition) is 5. The summed E-state index contributed by atoms with van der Waals surface area (Å²) in [6.07, 6.45) is 10.9. The fourth-order valence-corrected chi connectivity index (χ4v) is 3.94. The van der Waals surface area contributed by atoms with E-state index in [0.717, 1.165) is 55.7 Å². The Morgan fingerprint density at radius 2 is 1.77 bits per heavy atom. The Balaban J connectivity index is 1.55. The number of pyridine rings is 4. The van der Waals surface area contributed by atoms with E-state index in [1.165, 1.54) is 0 Å². The van der Waals surface area contributed by atoms with Gasteiger partial charge in [-0.05, 0) is 30.3 Å². The number of fused-ring (bicyclic) bond motifs is 2. The van der Waals surface area contributed by atoms with Crippen LogP contribution < -0.4 is 0 Å². The number of nitrogens with one attached hydrogen (secondary N) is 1. The highest BCUT2D eigenvalue weighted by Crippen LogP contribution is 2.34. The number of nitrogens with zero attached hydrogens (tertiary/aromatic N) is 6. The van der Waals surface area contributed by atoms with Crippen molar-refractivity contribution in [1.29, 1.82) is 0 Å². The lowest BCUT2D eigenvalue weighted by molar-refractivity contribution is 0.789. The van der Waals surface area contributed by atoms with Gasteiger partial charge in [-0.25, -0.2) is 9.67 Å². The topological polar surface area (TPSA) is 85.2 Å². The number of rotatable bonds is 3. The SMILES string of the molecule is Cn1nc(-c2cc3c(-c4cccnc4)cncc3[nH]2)c2cc(-c3ccccn3)cnc21. The zero-order valence-electron chi connectivity index (χ0n) is 16.7. The number of aryl methyl sites for hydroxylation is 1. The summed E-state index contributed by atoms with van der Waals surface area (Å²) in [6.45, 7) is 0. The predicted molar refractivity (Wildman–Crippen MR) is 120 cm³/mol. The first kappa shape index (κ1) is 17.5. The van der Waals surface area contributed by atoms with Crippen LogP contribution in [0.3, 0.4) is 0 Å². The molecule has 7 nitrogen and oxygen atoms in total. The van der Waals surface area contributed by atoms with Gasteiger partial charge < -0.3 is 4.98 Å². The number of H-pyrrole nitrogens is 1. The minimum atomic E-state index is 0.818. The quantitative estimate of drug-likeness (QED) is 0.465. The molecule has 0 saturated heterocycles. The highest BCUT2D eigenvalue weighted by Gasteiger charge is 2.17. The molecule has 0 spiro atoms. The summed E-state index contributed by atoms with van der Waals surface area (Å²) in [5, 5.41) is 6.80. The molecule has 0 radical (unpaired) electrons. The van der Waals surface area contributed by atoms with Gasteiger partial charge in [0.25, 0.3) is 0 Å². The maximum absolute atomic E-state index is 4.76. The monoisotopic (exact) mass is 403 g/mol. The first-order valence-electron chi connectivity index (χ1n) is 9.89. The van der Waals surface area contributed by atoms with Crippen molar-refractivity contribution >= 4 is 21.9 Å². The van der Waals surface area contributed by atoms with Crippen LogP contribution in [-0.2, 0) is 7.05 Å². The first-order chi connectivity index (χ1) is 15.3. The predicted octanol–water partition coefficient (Wildman–Crippen LogP) is 4.64. The van der Waals surface area contributed by atoms with Gasteiger partial charge in [-0.1, -0.05) is 12.1 Å². The fraction of sp³-hybridized carbons (Fsp3) is 0.0417. The molecule has 6 aromatic rings. The maximum atomic E-state index is 4.76. The lowest BCUT2D eigenvalue weighted by atomic mass is 10.1. The average molecular weight is 403 g/mol. The van der Waals surface area contributed by atoms with Crippen molar-refractivity contribution < 1.29 is 0 Å². The summed E-state index contributed by atoms with van der Waals surface area (Å²) in [7, 11) is 1.91. The van der Waals surface area contributed by atoms with Crippen molar-refractivity contribution in [1.82, 2.24) is 34.7 Å². The molecule has 0 aliphatic heterocycles. The molecule has 6 heterocycles. The molecular weight excluding hydrogens is 386 g/mol. The molecule has 6 aromatic heterocycles. The van der Waals surface area contributed by atoms with Crippen molar-refractivity contribution in [3.05, 3.63) is 79.6 Å². The van der Waals surface area contributed by atoms with Crippen molar-refractivity contribution in [2.24, 2.45) is 7.05 Å². The lowest BCUT2D eigenvalue weighted by Crippen LogP contribution is -1.92. The summed E-state index contributed by atoms with van der Waals surface area (Å²) < 4.78 is 1.80. The molecule has 0 fully saturated rings. The van der Waals surface area contributed by atoms with Crippen LogP contribution in [0.4, 0.5) is 0 Å². The summed E-state index contributed by atoms with van der Waals surface area (Å²) in [4.78, 5) is 21.2. The molecule has 0 aliphatic carbocycles. The molecule has 148 valence electrons. The summed E-state index contributed by atoms with van der Waals surface area (Å²) in [6, 6.07) is 14.0. The van der Waals surface area contributed by atoms with Crippen LogP contribution in [0.2, 0.25) is 0 Å². The maximum Gasteiger partial charge on any atom is 0.158 e. The molecular formula is C24H17N7. The highest BCUT2D eigenvalue weighted by atomic mass is 15.3. The lowest BCUT2D eigenvalue weighted by Gasteiger charge is -2.01. The number of hydrogen-bond donors (Lipinski definition) is 1. The van der Waals surface area contributed by atoms with Gasteiger partial charge in [0.05, 0.1) is 23.1 Å². The molecule has 0 saturated carbocycles. The minimum absolute atomic E-state index is 0.818. The van der Waals surface area contributed by atoms with Crippen LogP contribution in [-0.4, -0.2) is 34.7 Å². The molecule has 6 rings (SSSR count). The zero-order chi connectivity index (χ0) is 20.8. The van der Waals surface area contributed by atoms with Gasteiger partial charge in [0, 0.05) is 65.5 Å². The van der Waals surface area contributed by atoms with Crippen molar-refractivity contribution in [2.45, 2.75) is 0 Å². The molecule has 1 N–H and O–H groups in total. The summed E-state index contributed by atoms with van der Waals surface area (Å²) in [5.41, 5.74) is 7.41. The number of aromatic nitrogens is 7.